The van der Waals surface area contributed by atoms with Crippen molar-refractivity contribution in [3.05, 3.63) is 60.2 Å². The third-order valence-corrected chi connectivity index (χ3v) is 4.11. The van der Waals surface area contributed by atoms with Crippen LogP contribution in [0.1, 0.15) is 12.0 Å². The summed E-state index contributed by atoms with van der Waals surface area (Å²) < 4.78 is 0. The highest BCUT2D eigenvalue weighted by Gasteiger charge is 2.17. The van der Waals surface area contributed by atoms with Crippen molar-refractivity contribution < 1.29 is 14.7 Å². The molecule has 0 aliphatic carbocycles. The zero-order valence-corrected chi connectivity index (χ0v) is 12.8. The Kier molecular flexibility index (Phi) is 5.61. The van der Waals surface area contributed by atoms with Crippen molar-refractivity contribution >= 4 is 23.0 Å². The van der Waals surface area contributed by atoms with E-state index in [-0.39, 0.29) is 11.7 Å². The van der Waals surface area contributed by atoms with Crippen molar-refractivity contribution in [1.29, 1.82) is 0 Å². The molecule has 2 aromatic rings. The smallest absolute Gasteiger partial charge is 0.304 e. The minimum absolute atomic E-state index is 0.0892. The molecule has 2 rings (SSSR count). The van der Waals surface area contributed by atoms with Gasteiger partial charge in [-0.05, 0) is 23.1 Å². The second kappa shape index (κ2) is 7.66. The lowest BCUT2D eigenvalue weighted by molar-refractivity contribution is -0.136. The molecule has 0 fully saturated rings. The molecule has 114 valence electrons. The van der Waals surface area contributed by atoms with Gasteiger partial charge in [0.15, 0.2) is 0 Å². The fraction of sp³-hybridized carbons (Fsp3) is 0.176. The van der Waals surface area contributed by atoms with E-state index >= 15 is 0 Å². The van der Waals surface area contributed by atoms with Gasteiger partial charge in [0.2, 0.25) is 0 Å². The highest BCUT2D eigenvalue weighted by molar-refractivity contribution is 8.14. The average Bonchev–Trinajstić information content (AvgIpc) is 2.47. The Morgan fingerprint density at radius 2 is 1.59 bits per heavy atom. The number of rotatable bonds is 6. The van der Waals surface area contributed by atoms with Gasteiger partial charge in [0.05, 0.1) is 6.42 Å². The van der Waals surface area contributed by atoms with E-state index in [1.54, 1.807) is 0 Å². The molecule has 5 heteroatoms. The van der Waals surface area contributed by atoms with Gasteiger partial charge in [-0.3, -0.25) is 9.59 Å². The van der Waals surface area contributed by atoms with Crippen LogP contribution in [0.15, 0.2) is 54.6 Å². The van der Waals surface area contributed by atoms with Crippen molar-refractivity contribution in [3.63, 3.8) is 0 Å². The molecule has 3 N–H and O–H groups in total. The molecular weight excluding hydrogens is 298 g/mol. The van der Waals surface area contributed by atoms with Crippen LogP contribution in [0.2, 0.25) is 0 Å². The second-order valence-corrected chi connectivity index (χ2v) is 6.23. The number of primary amides is 1. The van der Waals surface area contributed by atoms with E-state index in [2.05, 4.69) is 0 Å². The van der Waals surface area contributed by atoms with Crippen molar-refractivity contribution in [2.24, 2.45) is 5.73 Å². The Morgan fingerprint density at radius 1 is 1.00 bits per heavy atom. The van der Waals surface area contributed by atoms with Gasteiger partial charge < -0.3 is 10.8 Å². The van der Waals surface area contributed by atoms with Crippen LogP contribution in [0.25, 0.3) is 11.1 Å². The lowest BCUT2D eigenvalue weighted by atomic mass is 10.0. The predicted octanol–water partition coefficient (Wildman–Crippen LogP) is 3.55. The summed E-state index contributed by atoms with van der Waals surface area (Å²) in [4.78, 5) is 21.9. The number of hydrogen-bond acceptors (Lipinski definition) is 3. The zero-order valence-electron chi connectivity index (χ0n) is 11.9. The molecule has 0 saturated heterocycles. The van der Waals surface area contributed by atoms with Crippen molar-refractivity contribution in [2.45, 2.75) is 18.1 Å². The highest BCUT2D eigenvalue weighted by Crippen LogP contribution is 2.23. The molecule has 1 amide bonds. The summed E-state index contributed by atoms with van der Waals surface area (Å²) in [5.74, 6) is -0.931. The average molecular weight is 315 g/mol. The SMILES string of the molecule is NC(=O)SC(CC(=O)O)Cc1ccc(-c2ccccc2)cc1. The van der Waals surface area contributed by atoms with Crippen LogP contribution < -0.4 is 5.73 Å². The van der Waals surface area contributed by atoms with E-state index in [1.165, 1.54) is 0 Å². The maximum atomic E-state index is 11.0. The minimum atomic E-state index is -0.931. The molecule has 1 unspecified atom stereocenters. The number of carbonyl (C=O) groups is 2. The number of benzene rings is 2. The molecule has 0 saturated carbocycles. The molecule has 0 aliphatic rings. The van der Waals surface area contributed by atoms with Gasteiger partial charge >= 0.3 is 5.97 Å². The molecule has 1 atom stereocenters. The van der Waals surface area contributed by atoms with E-state index in [1.807, 2.05) is 54.6 Å². The molecular formula is C17H17NO3S. The Hall–Kier alpha value is -2.27. The third-order valence-electron chi connectivity index (χ3n) is 3.21. The first-order chi connectivity index (χ1) is 10.5. The second-order valence-electron chi connectivity index (χ2n) is 4.92. The van der Waals surface area contributed by atoms with Gasteiger partial charge in [-0.2, -0.15) is 0 Å². The van der Waals surface area contributed by atoms with Gasteiger partial charge in [-0.1, -0.05) is 66.4 Å². The lowest BCUT2D eigenvalue weighted by Gasteiger charge is -2.12. The number of nitrogens with two attached hydrogens (primary N) is 1. The number of carboxylic acids is 1. The number of carbonyl (C=O) groups excluding carboxylic acids is 1. The summed E-state index contributed by atoms with van der Waals surface area (Å²) in [6.45, 7) is 0. The topological polar surface area (TPSA) is 80.4 Å². The first-order valence-electron chi connectivity index (χ1n) is 6.87. The summed E-state index contributed by atoms with van der Waals surface area (Å²) in [6, 6.07) is 17.9. The van der Waals surface area contributed by atoms with Crippen LogP contribution in [0.3, 0.4) is 0 Å². The highest BCUT2D eigenvalue weighted by atomic mass is 32.2. The summed E-state index contributed by atoms with van der Waals surface area (Å²) in [5.41, 5.74) is 8.37. The number of thioether (sulfide) groups is 1. The van der Waals surface area contributed by atoms with Crippen LogP contribution in [0.5, 0.6) is 0 Å². The number of hydrogen-bond donors (Lipinski definition) is 2. The van der Waals surface area contributed by atoms with E-state index in [0.717, 1.165) is 28.5 Å². The van der Waals surface area contributed by atoms with Crippen LogP contribution in [-0.4, -0.2) is 21.6 Å². The lowest BCUT2D eigenvalue weighted by Crippen LogP contribution is -2.18. The Labute approximate surface area is 133 Å². The monoisotopic (exact) mass is 315 g/mol. The fourth-order valence-electron chi connectivity index (χ4n) is 2.24. The van der Waals surface area contributed by atoms with E-state index < -0.39 is 11.2 Å². The molecule has 0 spiro atoms. The molecule has 0 aromatic heterocycles. The minimum Gasteiger partial charge on any atom is -0.481 e. The Balaban J connectivity index is 2.08. The Bertz CT molecular complexity index is 625. The van der Waals surface area contributed by atoms with Crippen molar-refractivity contribution in [3.8, 4) is 11.1 Å². The van der Waals surface area contributed by atoms with Gasteiger partial charge in [0.25, 0.3) is 5.24 Å². The number of amides is 1. The van der Waals surface area contributed by atoms with Gasteiger partial charge in [-0.25, -0.2) is 0 Å². The van der Waals surface area contributed by atoms with E-state index in [4.69, 9.17) is 10.8 Å². The predicted molar refractivity (Wildman–Crippen MR) is 88.8 cm³/mol. The Morgan fingerprint density at radius 3 is 2.14 bits per heavy atom. The maximum absolute atomic E-state index is 11.0. The molecule has 0 heterocycles. The van der Waals surface area contributed by atoms with Crippen molar-refractivity contribution in [1.82, 2.24) is 0 Å². The van der Waals surface area contributed by atoms with Gasteiger partial charge in [-0.15, -0.1) is 0 Å². The number of carboxylic acid groups (broad SMARTS) is 1. The van der Waals surface area contributed by atoms with Crippen LogP contribution in [0.4, 0.5) is 4.79 Å². The molecule has 22 heavy (non-hydrogen) atoms. The summed E-state index contributed by atoms with van der Waals surface area (Å²) >= 11 is 0.881. The first-order valence-corrected chi connectivity index (χ1v) is 7.75. The van der Waals surface area contributed by atoms with Crippen LogP contribution in [-0.2, 0) is 11.2 Å². The summed E-state index contributed by atoms with van der Waals surface area (Å²) in [7, 11) is 0. The van der Waals surface area contributed by atoms with E-state index in [9.17, 15) is 9.59 Å². The summed E-state index contributed by atoms with van der Waals surface area (Å²) in [6.07, 6.45) is 0.406. The normalized spacial score (nSPS) is 11.8. The number of aliphatic carboxylic acids is 1. The largest absolute Gasteiger partial charge is 0.481 e. The van der Waals surface area contributed by atoms with E-state index in [0.29, 0.717) is 6.42 Å². The molecule has 0 radical (unpaired) electrons. The van der Waals surface area contributed by atoms with Crippen LogP contribution >= 0.6 is 11.8 Å². The molecule has 4 nitrogen and oxygen atoms in total. The third kappa shape index (κ3) is 4.93. The van der Waals surface area contributed by atoms with Gasteiger partial charge in [0.1, 0.15) is 0 Å². The maximum Gasteiger partial charge on any atom is 0.304 e. The van der Waals surface area contributed by atoms with Crippen molar-refractivity contribution in [2.75, 3.05) is 0 Å². The zero-order chi connectivity index (χ0) is 15.9. The molecule has 0 aliphatic heterocycles. The quantitative estimate of drug-likeness (QED) is 0.854. The molecule has 2 aromatic carbocycles. The summed E-state index contributed by atoms with van der Waals surface area (Å²) in [5, 5.41) is 8.00. The van der Waals surface area contributed by atoms with Crippen LogP contribution in [0, 0.1) is 0 Å². The molecule has 0 bridgehead atoms. The first kappa shape index (κ1) is 16.1. The standard InChI is InChI=1S/C17H17NO3S/c18-17(21)22-15(11-16(19)20)10-12-6-8-14(9-7-12)13-4-2-1-3-5-13/h1-9,15H,10-11H2,(H2,18,21)(H,19,20). The van der Waals surface area contributed by atoms with Gasteiger partial charge in [0, 0.05) is 5.25 Å². The fourth-order valence-corrected chi connectivity index (χ4v) is 3.07.